The summed E-state index contributed by atoms with van der Waals surface area (Å²) in [6.45, 7) is 3.23. The quantitative estimate of drug-likeness (QED) is 0.500. The number of aromatic nitrogens is 3. The summed E-state index contributed by atoms with van der Waals surface area (Å²) < 4.78 is 35.6. The number of nitrogens with two attached hydrogens (primary N) is 1. The van der Waals surface area contributed by atoms with Crippen molar-refractivity contribution in [2.24, 2.45) is 0 Å². The van der Waals surface area contributed by atoms with E-state index in [2.05, 4.69) is 14.7 Å². The average Bonchev–Trinajstić information content (AvgIpc) is 3.12. The molecule has 0 aliphatic heterocycles. The highest BCUT2D eigenvalue weighted by molar-refractivity contribution is 7.96. The lowest BCUT2D eigenvalue weighted by atomic mass is 10.2. The zero-order chi connectivity index (χ0) is 22.0. The Morgan fingerprint density at radius 3 is 2.87 bits per heavy atom. The van der Waals surface area contributed by atoms with Crippen molar-refractivity contribution in [1.29, 1.82) is 0 Å². The lowest BCUT2D eigenvalue weighted by molar-refractivity contribution is 0.126. The standard InChI is InChI=1S/C21H23N5O3S2/c1-2-29-13-18-25-19-20(14-7-3-4-8-15(14)24-21(19)22)26(18)12-11-23-31(27,28)17-10-6-5-9-16(17)30/h3-8,10,23H,2,9,11-13H2,1H3,(H2,22,24). The Morgan fingerprint density at radius 1 is 1.29 bits per heavy atom. The van der Waals surface area contributed by atoms with Gasteiger partial charge in [-0.25, -0.2) is 23.1 Å². The first-order valence-electron chi connectivity index (χ1n) is 9.93. The summed E-state index contributed by atoms with van der Waals surface area (Å²) in [6.07, 6.45) is 5.52. The van der Waals surface area contributed by atoms with Gasteiger partial charge in [-0.15, -0.1) is 0 Å². The highest BCUT2D eigenvalue weighted by Crippen LogP contribution is 2.29. The van der Waals surface area contributed by atoms with Crippen molar-refractivity contribution >= 4 is 54.9 Å². The van der Waals surface area contributed by atoms with Gasteiger partial charge in [-0.2, -0.15) is 0 Å². The van der Waals surface area contributed by atoms with Gasteiger partial charge in [0.2, 0.25) is 10.0 Å². The van der Waals surface area contributed by atoms with Crippen LogP contribution in [0.2, 0.25) is 0 Å². The fourth-order valence-corrected chi connectivity index (χ4v) is 5.23. The minimum atomic E-state index is -3.70. The van der Waals surface area contributed by atoms with Crippen LogP contribution in [0.15, 0.2) is 47.4 Å². The molecule has 0 spiro atoms. The van der Waals surface area contributed by atoms with Crippen LogP contribution < -0.4 is 10.5 Å². The molecule has 162 valence electrons. The Bertz CT molecular complexity index is 1330. The van der Waals surface area contributed by atoms with E-state index in [-0.39, 0.29) is 18.1 Å². The largest absolute Gasteiger partial charge is 0.382 e. The molecule has 0 radical (unpaired) electrons. The van der Waals surface area contributed by atoms with E-state index >= 15 is 0 Å². The maximum atomic E-state index is 12.7. The van der Waals surface area contributed by atoms with E-state index in [9.17, 15) is 8.42 Å². The predicted molar refractivity (Wildman–Crippen MR) is 126 cm³/mol. The molecule has 0 saturated heterocycles. The summed E-state index contributed by atoms with van der Waals surface area (Å²) in [5.74, 6) is 0.992. The number of imidazole rings is 1. The highest BCUT2D eigenvalue weighted by atomic mass is 32.2. The van der Waals surface area contributed by atoms with E-state index in [1.807, 2.05) is 41.8 Å². The number of allylic oxidation sites excluding steroid dienone is 4. The molecule has 10 heteroatoms. The molecule has 3 N–H and O–H groups in total. The number of fused-ring (bicyclic) bond motifs is 3. The van der Waals surface area contributed by atoms with Gasteiger partial charge < -0.3 is 15.0 Å². The topological polar surface area (TPSA) is 112 Å². The lowest BCUT2D eigenvalue weighted by Gasteiger charge is -2.14. The first-order chi connectivity index (χ1) is 14.9. The third-order valence-electron chi connectivity index (χ3n) is 5.00. The molecule has 3 aromatic rings. The summed E-state index contributed by atoms with van der Waals surface area (Å²) in [7, 11) is -3.70. The Hall–Kier alpha value is -2.66. The zero-order valence-electron chi connectivity index (χ0n) is 17.0. The van der Waals surface area contributed by atoms with Gasteiger partial charge in [0.15, 0.2) is 5.82 Å². The first kappa shape index (κ1) is 21.6. The number of hydrogen-bond acceptors (Lipinski definition) is 7. The highest BCUT2D eigenvalue weighted by Gasteiger charge is 2.23. The summed E-state index contributed by atoms with van der Waals surface area (Å²) in [5.41, 5.74) is 8.32. The second-order valence-corrected chi connectivity index (χ2v) is 9.24. The summed E-state index contributed by atoms with van der Waals surface area (Å²) >= 11 is 5.21. The molecule has 8 nitrogen and oxygen atoms in total. The third kappa shape index (κ3) is 4.24. The molecule has 4 rings (SSSR count). The average molecular weight is 458 g/mol. The van der Waals surface area contributed by atoms with Crippen LogP contribution in [-0.2, 0) is 27.9 Å². The van der Waals surface area contributed by atoms with Crippen molar-refractivity contribution in [3.05, 3.63) is 53.2 Å². The number of sulfonamides is 1. The molecule has 0 unspecified atom stereocenters. The summed E-state index contributed by atoms with van der Waals surface area (Å²) in [6, 6.07) is 7.66. The van der Waals surface area contributed by atoms with Crippen LogP contribution in [0.25, 0.3) is 21.9 Å². The SMILES string of the molecule is CCOCc1nc2c(N)nc3ccccc3c2n1CCNS(=O)(=O)C1=CC=CCC1=S. The van der Waals surface area contributed by atoms with Crippen molar-refractivity contribution in [1.82, 2.24) is 19.3 Å². The number of nitrogens with zero attached hydrogens (tertiary/aromatic N) is 3. The van der Waals surface area contributed by atoms with Crippen LogP contribution in [0.4, 0.5) is 5.82 Å². The predicted octanol–water partition coefficient (Wildman–Crippen LogP) is 2.84. The number of nitrogen functional groups attached to an aromatic ring is 1. The lowest BCUT2D eigenvalue weighted by Crippen LogP contribution is -2.31. The van der Waals surface area contributed by atoms with Gasteiger partial charge in [0, 0.05) is 36.4 Å². The van der Waals surface area contributed by atoms with Crippen LogP contribution in [0.3, 0.4) is 0 Å². The number of thiocarbonyl (C=S) groups is 1. The van der Waals surface area contributed by atoms with Crippen molar-refractivity contribution in [3.8, 4) is 0 Å². The molecule has 2 heterocycles. The molecule has 2 aromatic heterocycles. The molecule has 0 saturated carbocycles. The van der Waals surface area contributed by atoms with E-state index in [1.54, 1.807) is 6.08 Å². The van der Waals surface area contributed by atoms with Gasteiger partial charge >= 0.3 is 0 Å². The van der Waals surface area contributed by atoms with Crippen molar-refractivity contribution < 1.29 is 13.2 Å². The minimum Gasteiger partial charge on any atom is -0.382 e. The van der Waals surface area contributed by atoms with Crippen LogP contribution in [0.1, 0.15) is 19.2 Å². The molecule has 0 atom stereocenters. The van der Waals surface area contributed by atoms with Gasteiger partial charge in [-0.3, -0.25) is 0 Å². The molecule has 0 amide bonds. The number of hydrogen-bond donors (Lipinski definition) is 2. The molecular formula is C21H23N5O3S2. The maximum Gasteiger partial charge on any atom is 0.241 e. The van der Waals surface area contributed by atoms with E-state index in [1.165, 1.54) is 6.08 Å². The molecule has 1 aromatic carbocycles. The van der Waals surface area contributed by atoms with E-state index < -0.39 is 10.0 Å². The van der Waals surface area contributed by atoms with Gasteiger partial charge in [0.1, 0.15) is 17.9 Å². The normalized spacial score (nSPS) is 14.5. The fraction of sp³-hybridized carbons (Fsp3) is 0.286. The Kier molecular flexibility index (Phi) is 6.15. The van der Waals surface area contributed by atoms with Gasteiger partial charge in [0.05, 0.1) is 15.9 Å². The number of anilines is 1. The summed E-state index contributed by atoms with van der Waals surface area (Å²) in [4.78, 5) is 9.65. The third-order valence-corrected chi connectivity index (χ3v) is 7.06. The molecule has 31 heavy (non-hydrogen) atoms. The molecule has 1 aliphatic rings. The molecule has 0 bridgehead atoms. The van der Waals surface area contributed by atoms with E-state index in [4.69, 9.17) is 22.7 Å². The summed E-state index contributed by atoms with van der Waals surface area (Å²) in [5, 5.41) is 0.895. The Balaban J connectivity index is 1.69. The van der Waals surface area contributed by atoms with Gasteiger partial charge in [0.25, 0.3) is 0 Å². The van der Waals surface area contributed by atoms with E-state index in [0.717, 1.165) is 16.4 Å². The van der Waals surface area contributed by atoms with Crippen molar-refractivity contribution in [2.45, 2.75) is 26.5 Å². The zero-order valence-corrected chi connectivity index (χ0v) is 18.7. The van der Waals surface area contributed by atoms with Crippen molar-refractivity contribution in [3.63, 3.8) is 0 Å². The van der Waals surface area contributed by atoms with Crippen LogP contribution in [0.5, 0.6) is 0 Å². The number of pyridine rings is 1. The maximum absolute atomic E-state index is 12.7. The number of nitrogens with one attached hydrogen (secondary N) is 1. The van der Waals surface area contributed by atoms with Gasteiger partial charge in [-0.1, -0.05) is 42.6 Å². The van der Waals surface area contributed by atoms with Crippen LogP contribution in [0, 0.1) is 0 Å². The second kappa shape index (κ2) is 8.83. The number of para-hydroxylation sites is 1. The molecule has 0 fully saturated rings. The minimum absolute atomic E-state index is 0.147. The molecule has 1 aliphatic carbocycles. The molecular weight excluding hydrogens is 434 g/mol. The second-order valence-electron chi connectivity index (χ2n) is 7.01. The van der Waals surface area contributed by atoms with E-state index in [0.29, 0.717) is 41.6 Å². The monoisotopic (exact) mass is 457 g/mol. The number of ether oxygens (including phenoxy) is 1. The van der Waals surface area contributed by atoms with Crippen LogP contribution in [-0.4, -0.2) is 41.0 Å². The number of rotatable bonds is 8. The fourth-order valence-electron chi connectivity index (χ4n) is 3.58. The van der Waals surface area contributed by atoms with Crippen LogP contribution >= 0.6 is 12.2 Å². The smallest absolute Gasteiger partial charge is 0.241 e. The van der Waals surface area contributed by atoms with Crippen molar-refractivity contribution in [2.75, 3.05) is 18.9 Å². The Labute approximate surface area is 185 Å². The number of benzene rings is 1. The van der Waals surface area contributed by atoms with Gasteiger partial charge in [-0.05, 0) is 19.1 Å². The first-order valence-corrected chi connectivity index (χ1v) is 11.8. The Morgan fingerprint density at radius 2 is 2.10 bits per heavy atom.